The van der Waals surface area contributed by atoms with Crippen LogP contribution in [0.25, 0.3) is 0 Å². The molecule has 1 fully saturated rings. The monoisotopic (exact) mass is 298 g/mol. The first kappa shape index (κ1) is 17.8. The number of hydrogen-bond acceptors (Lipinski definition) is 2. The van der Waals surface area contributed by atoms with E-state index in [0.717, 1.165) is 19.3 Å². The maximum Gasteiger partial charge on any atom is 0.317 e. The smallest absolute Gasteiger partial charge is 0.317 e. The highest BCUT2D eigenvalue weighted by Gasteiger charge is 2.33. The number of piperidine rings is 1. The number of likely N-dealkylation sites (tertiary alicyclic amines) is 1. The van der Waals surface area contributed by atoms with Crippen molar-refractivity contribution in [2.24, 2.45) is 17.3 Å². The van der Waals surface area contributed by atoms with Gasteiger partial charge >= 0.3 is 12.0 Å². The number of nitrogens with one attached hydrogen (secondary N) is 1. The summed E-state index contributed by atoms with van der Waals surface area (Å²) in [6, 6.07) is -0.118. The quantitative estimate of drug-likeness (QED) is 0.792. The fourth-order valence-electron chi connectivity index (χ4n) is 3.20. The van der Waals surface area contributed by atoms with Crippen molar-refractivity contribution in [2.75, 3.05) is 19.6 Å². The standard InChI is InChI=1S/C16H30N2O3/c1-5-16(6-2,7-3)11-17-15(21)18-9-12(4)8-13(10-18)14(19)20/h12-13H,5-11H2,1-4H3,(H,17,21)(H,19,20). The lowest BCUT2D eigenvalue weighted by molar-refractivity contribution is -0.143. The van der Waals surface area contributed by atoms with Crippen LogP contribution in [-0.4, -0.2) is 41.6 Å². The second-order valence-corrected chi connectivity index (χ2v) is 6.50. The third-order valence-electron chi connectivity index (χ3n) is 5.16. The third-order valence-corrected chi connectivity index (χ3v) is 5.16. The van der Waals surface area contributed by atoms with Crippen LogP contribution >= 0.6 is 0 Å². The molecule has 1 saturated heterocycles. The fourth-order valence-corrected chi connectivity index (χ4v) is 3.20. The third kappa shape index (κ3) is 4.61. The molecule has 0 spiro atoms. The molecule has 2 N–H and O–H groups in total. The van der Waals surface area contributed by atoms with Gasteiger partial charge in [-0.2, -0.15) is 0 Å². The zero-order valence-electron chi connectivity index (χ0n) is 13.8. The molecule has 21 heavy (non-hydrogen) atoms. The molecule has 1 heterocycles. The number of amides is 2. The van der Waals surface area contributed by atoms with E-state index in [1.807, 2.05) is 6.92 Å². The summed E-state index contributed by atoms with van der Waals surface area (Å²) in [6.07, 6.45) is 3.76. The van der Waals surface area contributed by atoms with Gasteiger partial charge in [-0.3, -0.25) is 4.79 Å². The molecule has 1 aliphatic heterocycles. The first-order chi connectivity index (χ1) is 9.87. The van der Waals surface area contributed by atoms with Crippen molar-refractivity contribution in [1.82, 2.24) is 10.2 Å². The molecule has 5 heteroatoms. The Morgan fingerprint density at radius 3 is 2.24 bits per heavy atom. The molecule has 122 valence electrons. The number of urea groups is 1. The first-order valence-electron chi connectivity index (χ1n) is 8.13. The predicted molar refractivity (Wildman–Crippen MR) is 83.2 cm³/mol. The van der Waals surface area contributed by atoms with E-state index in [0.29, 0.717) is 26.1 Å². The van der Waals surface area contributed by atoms with Crippen molar-refractivity contribution in [3.8, 4) is 0 Å². The van der Waals surface area contributed by atoms with E-state index in [1.54, 1.807) is 4.90 Å². The Balaban J connectivity index is 2.60. The summed E-state index contributed by atoms with van der Waals surface area (Å²) in [4.78, 5) is 25.2. The van der Waals surface area contributed by atoms with Gasteiger partial charge in [0.25, 0.3) is 0 Å². The average Bonchev–Trinajstić information content (AvgIpc) is 2.48. The number of carbonyl (C=O) groups excluding carboxylic acids is 1. The van der Waals surface area contributed by atoms with Crippen LogP contribution in [0.4, 0.5) is 4.79 Å². The van der Waals surface area contributed by atoms with E-state index < -0.39 is 11.9 Å². The summed E-state index contributed by atoms with van der Waals surface area (Å²) in [6.45, 7) is 10.1. The highest BCUT2D eigenvalue weighted by atomic mass is 16.4. The van der Waals surface area contributed by atoms with Crippen LogP contribution in [0, 0.1) is 17.3 Å². The molecule has 0 radical (unpaired) electrons. The van der Waals surface area contributed by atoms with E-state index in [9.17, 15) is 14.7 Å². The van der Waals surface area contributed by atoms with E-state index in [4.69, 9.17) is 0 Å². The average molecular weight is 298 g/mol. The number of aliphatic carboxylic acids is 1. The first-order valence-corrected chi connectivity index (χ1v) is 8.13. The van der Waals surface area contributed by atoms with Gasteiger partial charge in [0.1, 0.15) is 0 Å². The summed E-state index contributed by atoms with van der Waals surface area (Å²) in [5, 5.41) is 12.2. The molecule has 0 aromatic heterocycles. The van der Waals surface area contributed by atoms with Gasteiger partial charge < -0.3 is 15.3 Å². The Hall–Kier alpha value is -1.26. The lowest BCUT2D eigenvalue weighted by atomic mass is 9.80. The summed E-state index contributed by atoms with van der Waals surface area (Å²) in [5.74, 6) is -1.00. The van der Waals surface area contributed by atoms with Gasteiger partial charge in [0.05, 0.1) is 5.92 Å². The van der Waals surface area contributed by atoms with Crippen molar-refractivity contribution >= 4 is 12.0 Å². The minimum atomic E-state index is -0.802. The van der Waals surface area contributed by atoms with Gasteiger partial charge in [0, 0.05) is 19.6 Å². The molecular formula is C16H30N2O3. The lowest BCUT2D eigenvalue weighted by Crippen LogP contribution is -2.51. The van der Waals surface area contributed by atoms with E-state index in [2.05, 4.69) is 26.1 Å². The van der Waals surface area contributed by atoms with Crippen molar-refractivity contribution in [2.45, 2.75) is 53.4 Å². The van der Waals surface area contributed by atoms with Crippen LogP contribution in [0.1, 0.15) is 53.4 Å². The molecule has 2 amide bonds. The molecule has 2 atom stereocenters. The SMILES string of the molecule is CCC(CC)(CC)CNC(=O)N1CC(C)CC(C(=O)O)C1. The summed E-state index contributed by atoms with van der Waals surface area (Å²) < 4.78 is 0. The van der Waals surface area contributed by atoms with Crippen molar-refractivity contribution < 1.29 is 14.7 Å². The lowest BCUT2D eigenvalue weighted by Gasteiger charge is -2.36. The molecular weight excluding hydrogens is 268 g/mol. The maximum absolute atomic E-state index is 12.3. The Bertz CT molecular complexity index is 358. The Labute approximate surface area is 128 Å². The fraction of sp³-hybridized carbons (Fsp3) is 0.875. The zero-order valence-corrected chi connectivity index (χ0v) is 13.8. The molecule has 0 aromatic carbocycles. The number of hydrogen-bond donors (Lipinski definition) is 2. The van der Waals surface area contributed by atoms with Gasteiger partial charge in [-0.05, 0) is 37.0 Å². The molecule has 5 nitrogen and oxygen atoms in total. The van der Waals surface area contributed by atoms with E-state index >= 15 is 0 Å². The van der Waals surface area contributed by atoms with Crippen LogP contribution in [0.3, 0.4) is 0 Å². The van der Waals surface area contributed by atoms with Crippen LogP contribution < -0.4 is 5.32 Å². The van der Waals surface area contributed by atoms with Gasteiger partial charge in [-0.1, -0.05) is 27.7 Å². The van der Waals surface area contributed by atoms with E-state index in [1.165, 1.54) is 0 Å². The van der Waals surface area contributed by atoms with Crippen LogP contribution in [0.2, 0.25) is 0 Å². The van der Waals surface area contributed by atoms with Crippen LogP contribution in [-0.2, 0) is 4.79 Å². The molecule has 0 aliphatic carbocycles. The maximum atomic E-state index is 12.3. The second kappa shape index (κ2) is 7.66. The van der Waals surface area contributed by atoms with Crippen molar-refractivity contribution in [3.05, 3.63) is 0 Å². The Kier molecular flexibility index (Phi) is 6.49. The highest BCUT2D eigenvalue weighted by Crippen LogP contribution is 2.29. The Morgan fingerprint density at radius 2 is 1.76 bits per heavy atom. The van der Waals surface area contributed by atoms with Crippen LogP contribution in [0.15, 0.2) is 0 Å². The molecule has 0 aromatic rings. The highest BCUT2D eigenvalue weighted by molar-refractivity contribution is 5.76. The van der Waals surface area contributed by atoms with Gasteiger partial charge in [-0.25, -0.2) is 4.79 Å². The summed E-state index contributed by atoms with van der Waals surface area (Å²) >= 11 is 0. The van der Waals surface area contributed by atoms with Crippen LogP contribution in [0.5, 0.6) is 0 Å². The Morgan fingerprint density at radius 1 is 1.19 bits per heavy atom. The number of carboxylic acids is 1. The van der Waals surface area contributed by atoms with Crippen molar-refractivity contribution in [1.29, 1.82) is 0 Å². The number of carboxylic acid groups (broad SMARTS) is 1. The minimum absolute atomic E-state index is 0.118. The molecule has 1 rings (SSSR count). The molecule has 0 saturated carbocycles. The van der Waals surface area contributed by atoms with Crippen molar-refractivity contribution in [3.63, 3.8) is 0 Å². The summed E-state index contributed by atoms with van der Waals surface area (Å²) in [5.41, 5.74) is 0.156. The van der Waals surface area contributed by atoms with Gasteiger partial charge in [0.15, 0.2) is 0 Å². The number of rotatable bonds is 6. The normalized spacial score (nSPS) is 23.0. The number of carbonyl (C=O) groups is 2. The molecule has 2 unspecified atom stereocenters. The molecule has 1 aliphatic rings. The second-order valence-electron chi connectivity index (χ2n) is 6.50. The predicted octanol–water partition coefficient (Wildman–Crippen LogP) is 2.96. The largest absolute Gasteiger partial charge is 0.481 e. The zero-order chi connectivity index (χ0) is 16.0. The van der Waals surface area contributed by atoms with Gasteiger partial charge in [-0.15, -0.1) is 0 Å². The van der Waals surface area contributed by atoms with Gasteiger partial charge in [0.2, 0.25) is 0 Å². The number of nitrogens with zero attached hydrogens (tertiary/aromatic N) is 1. The topological polar surface area (TPSA) is 69.6 Å². The molecule has 0 bridgehead atoms. The summed E-state index contributed by atoms with van der Waals surface area (Å²) in [7, 11) is 0. The van der Waals surface area contributed by atoms with E-state index in [-0.39, 0.29) is 17.4 Å². The minimum Gasteiger partial charge on any atom is -0.481 e.